The lowest BCUT2D eigenvalue weighted by atomic mass is 10.3. The summed E-state index contributed by atoms with van der Waals surface area (Å²) < 4.78 is 26.5. The first-order chi connectivity index (χ1) is 9.73. The van der Waals surface area contributed by atoms with Crippen molar-refractivity contribution in [2.24, 2.45) is 0 Å². The number of nitrogens with zero attached hydrogens (tertiary/aromatic N) is 1. The number of aryl methyl sites for hydroxylation is 1. The molecule has 2 N–H and O–H groups in total. The Labute approximate surface area is 126 Å². The van der Waals surface area contributed by atoms with Crippen molar-refractivity contribution in [2.75, 3.05) is 13.1 Å². The van der Waals surface area contributed by atoms with Crippen LogP contribution in [0.3, 0.4) is 0 Å². The molecule has 0 radical (unpaired) electrons. The van der Waals surface area contributed by atoms with Crippen molar-refractivity contribution in [2.45, 2.75) is 31.2 Å². The van der Waals surface area contributed by atoms with Gasteiger partial charge in [0.15, 0.2) is 0 Å². The number of nitrogens with one attached hydrogen (secondary N) is 1. The van der Waals surface area contributed by atoms with Gasteiger partial charge in [-0.3, -0.25) is 4.79 Å². The predicted octanol–water partition coefficient (Wildman–Crippen LogP) is 0.654. The minimum Gasteiger partial charge on any atom is -0.477 e. The van der Waals surface area contributed by atoms with E-state index in [-0.39, 0.29) is 34.8 Å². The van der Waals surface area contributed by atoms with Crippen LogP contribution < -0.4 is 5.32 Å². The average molecular weight is 332 g/mol. The normalized spacial score (nSPS) is 19.6. The SMILES string of the molecule is CC(=O)NC1CCN(S(=O)(=O)c2c(C)csc2C(=O)O)C1. The predicted molar refractivity (Wildman–Crippen MR) is 77.0 cm³/mol. The fraction of sp³-hybridized carbons (Fsp3) is 0.500. The van der Waals surface area contributed by atoms with Gasteiger partial charge in [-0.2, -0.15) is 4.31 Å². The summed E-state index contributed by atoms with van der Waals surface area (Å²) in [6.45, 7) is 3.39. The largest absolute Gasteiger partial charge is 0.477 e. The molecule has 0 aromatic carbocycles. The van der Waals surface area contributed by atoms with Crippen LogP contribution in [0.2, 0.25) is 0 Å². The second-order valence-corrected chi connectivity index (χ2v) is 7.69. The fourth-order valence-corrected chi connectivity index (χ4v) is 5.47. The summed E-state index contributed by atoms with van der Waals surface area (Å²) in [4.78, 5) is 21.9. The van der Waals surface area contributed by atoms with Crippen LogP contribution in [-0.2, 0) is 14.8 Å². The molecule has 1 amide bonds. The van der Waals surface area contributed by atoms with Crippen LogP contribution in [0.25, 0.3) is 0 Å². The molecule has 1 atom stereocenters. The lowest BCUT2D eigenvalue weighted by molar-refractivity contribution is -0.119. The van der Waals surface area contributed by atoms with Crippen molar-refractivity contribution in [3.63, 3.8) is 0 Å². The van der Waals surface area contributed by atoms with Crippen molar-refractivity contribution in [3.8, 4) is 0 Å². The van der Waals surface area contributed by atoms with E-state index in [1.54, 1.807) is 6.92 Å². The molecule has 0 bridgehead atoms. The Balaban J connectivity index is 2.30. The molecule has 2 heterocycles. The maximum atomic E-state index is 12.6. The van der Waals surface area contributed by atoms with Gasteiger partial charge in [0.05, 0.1) is 0 Å². The van der Waals surface area contributed by atoms with Crippen LogP contribution in [0.1, 0.15) is 28.6 Å². The topological polar surface area (TPSA) is 104 Å². The summed E-state index contributed by atoms with van der Waals surface area (Å²) >= 11 is 0.906. The quantitative estimate of drug-likeness (QED) is 0.843. The number of hydrogen-bond acceptors (Lipinski definition) is 5. The number of hydrogen-bond donors (Lipinski definition) is 2. The molecule has 2 rings (SSSR count). The zero-order valence-electron chi connectivity index (χ0n) is 11.6. The number of amides is 1. The van der Waals surface area contributed by atoms with E-state index in [0.29, 0.717) is 12.0 Å². The van der Waals surface area contributed by atoms with Gasteiger partial charge in [0.2, 0.25) is 15.9 Å². The Hall–Kier alpha value is -1.45. The Morgan fingerprint density at radius 2 is 2.14 bits per heavy atom. The zero-order chi connectivity index (χ0) is 15.8. The van der Waals surface area contributed by atoms with Gasteiger partial charge in [0.25, 0.3) is 0 Å². The van der Waals surface area contributed by atoms with E-state index in [9.17, 15) is 18.0 Å². The van der Waals surface area contributed by atoms with Crippen LogP contribution in [0, 0.1) is 6.92 Å². The molecule has 1 aliphatic heterocycles. The smallest absolute Gasteiger partial charge is 0.347 e. The van der Waals surface area contributed by atoms with Gasteiger partial charge in [-0.05, 0) is 24.3 Å². The van der Waals surface area contributed by atoms with Gasteiger partial charge < -0.3 is 10.4 Å². The van der Waals surface area contributed by atoms with E-state index in [1.165, 1.54) is 16.6 Å². The van der Waals surface area contributed by atoms with E-state index < -0.39 is 16.0 Å². The minimum atomic E-state index is -3.86. The van der Waals surface area contributed by atoms with Crippen LogP contribution in [0.4, 0.5) is 0 Å². The standard InChI is InChI=1S/C12H16N2O5S2/c1-7-6-20-10(12(16)17)11(7)21(18,19)14-4-3-9(5-14)13-8(2)15/h6,9H,3-5H2,1-2H3,(H,13,15)(H,16,17). The molecule has 1 aliphatic rings. The summed E-state index contributed by atoms with van der Waals surface area (Å²) in [6, 6.07) is -0.232. The summed E-state index contributed by atoms with van der Waals surface area (Å²) in [5.74, 6) is -1.46. The Bertz CT molecular complexity index is 680. The third-order valence-corrected chi connectivity index (χ3v) is 6.54. The molecule has 0 spiro atoms. The van der Waals surface area contributed by atoms with E-state index in [0.717, 1.165) is 11.3 Å². The van der Waals surface area contributed by atoms with Crippen molar-refractivity contribution in [1.82, 2.24) is 9.62 Å². The maximum Gasteiger partial charge on any atom is 0.347 e. The molecular formula is C12H16N2O5S2. The van der Waals surface area contributed by atoms with Gasteiger partial charge in [0.1, 0.15) is 9.77 Å². The highest BCUT2D eigenvalue weighted by molar-refractivity contribution is 7.89. The molecule has 1 fully saturated rings. The number of rotatable bonds is 4. The van der Waals surface area contributed by atoms with Crippen molar-refractivity contribution in [3.05, 3.63) is 15.8 Å². The highest BCUT2D eigenvalue weighted by Gasteiger charge is 2.37. The second kappa shape index (κ2) is 5.74. The molecule has 21 heavy (non-hydrogen) atoms. The number of carboxylic acids is 1. The van der Waals surface area contributed by atoms with E-state index in [1.807, 2.05) is 0 Å². The van der Waals surface area contributed by atoms with Gasteiger partial charge in [-0.25, -0.2) is 13.2 Å². The van der Waals surface area contributed by atoms with Crippen LogP contribution in [0.15, 0.2) is 10.3 Å². The molecular weight excluding hydrogens is 316 g/mol. The molecule has 1 unspecified atom stereocenters. The first-order valence-corrected chi connectivity index (χ1v) is 8.64. The molecule has 1 aromatic rings. The molecule has 116 valence electrons. The summed E-state index contributed by atoms with van der Waals surface area (Å²) in [6.07, 6.45) is 0.518. The fourth-order valence-electron chi connectivity index (χ4n) is 2.38. The average Bonchev–Trinajstić information content (AvgIpc) is 2.95. The van der Waals surface area contributed by atoms with Gasteiger partial charge >= 0.3 is 5.97 Å². The van der Waals surface area contributed by atoms with E-state index >= 15 is 0 Å². The minimum absolute atomic E-state index is 0.136. The monoisotopic (exact) mass is 332 g/mol. The Morgan fingerprint density at radius 1 is 1.48 bits per heavy atom. The molecule has 0 saturated carbocycles. The number of carboxylic acid groups (broad SMARTS) is 1. The van der Waals surface area contributed by atoms with Gasteiger partial charge in [0, 0.05) is 26.1 Å². The molecule has 1 aromatic heterocycles. The summed E-state index contributed by atoms with van der Waals surface area (Å²) in [5.41, 5.74) is 0.431. The van der Waals surface area contributed by atoms with Crippen LogP contribution >= 0.6 is 11.3 Å². The van der Waals surface area contributed by atoms with Crippen molar-refractivity contribution >= 4 is 33.2 Å². The van der Waals surface area contributed by atoms with Crippen molar-refractivity contribution in [1.29, 1.82) is 0 Å². The van der Waals surface area contributed by atoms with E-state index in [2.05, 4.69) is 5.32 Å². The lowest BCUT2D eigenvalue weighted by Gasteiger charge is -2.17. The molecule has 1 saturated heterocycles. The first kappa shape index (κ1) is 15.9. The molecule has 9 heteroatoms. The first-order valence-electron chi connectivity index (χ1n) is 6.32. The Morgan fingerprint density at radius 3 is 2.71 bits per heavy atom. The third kappa shape index (κ3) is 3.09. The zero-order valence-corrected chi connectivity index (χ0v) is 13.3. The summed E-state index contributed by atoms with van der Waals surface area (Å²) in [7, 11) is -3.86. The number of thiophene rings is 1. The lowest BCUT2D eigenvalue weighted by Crippen LogP contribution is -2.37. The third-order valence-electron chi connectivity index (χ3n) is 3.27. The second-order valence-electron chi connectivity index (χ2n) is 4.93. The number of carbonyl (C=O) groups excluding carboxylic acids is 1. The number of carbonyl (C=O) groups is 2. The Kier molecular flexibility index (Phi) is 4.35. The molecule has 7 nitrogen and oxygen atoms in total. The van der Waals surface area contributed by atoms with Crippen LogP contribution in [-0.4, -0.2) is 48.8 Å². The number of sulfonamides is 1. The number of aromatic carboxylic acids is 1. The van der Waals surface area contributed by atoms with Gasteiger partial charge in [-0.15, -0.1) is 11.3 Å². The maximum absolute atomic E-state index is 12.6. The highest BCUT2D eigenvalue weighted by Crippen LogP contribution is 2.31. The van der Waals surface area contributed by atoms with E-state index in [4.69, 9.17) is 5.11 Å². The van der Waals surface area contributed by atoms with Crippen molar-refractivity contribution < 1.29 is 23.1 Å². The highest BCUT2D eigenvalue weighted by atomic mass is 32.2. The van der Waals surface area contributed by atoms with Crippen LogP contribution in [0.5, 0.6) is 0 Å². The van der Waals surface area contributed by atoms with Gasteiger partial charge in [-0.1, -0.05) is 0 Å². The molecule has 0 aliphatic carbocycles. The summed E-state index contributed by atoms with van der Waals surface area (Å²) in [5, 5.41) is 13.3.